The Morgan fingerprint density at radius 3 is 2.06 bits per heavy atom. The van der Waals surface area contributed by atoms with Crippen LogP contribution in [0, 0.1) is 0 Å². The first-order valence-electron chi connectivity index (χ1n) is 12.5. The Hall–Kier alpha value is -2.21. The minimum absolute atomic E-state index is 0.0274. The lowest BCUT2D eigenvalue weighted by atomic mass is 9.99. The molecule has 0 atom stereocenters. The third-order valence-electron chi connectivity index (χ3n) is 5.43. The molecule has 0 unspecified atom stereocenters. The van der Waals surface area contributed by atoms with Gasteiger partial charge in [0.05, 0.1) is 23.2 Å². The van der Waals surface area contributed by atoms with E-state index in [0.29, 0.717) is 6.61 Å². The van der Waals surface area contributed by atoms with Crippen molar-refractivity contribution in [1.29, 1.82) is 0 Å². The highest BCUT2D eigenvalue weighted by Crippen LogP contribution is 2.17. The summed E-state index contributed by atoms with van der Waals surface area (Å²) in [6.45, 7) is 4.74. The van der Waals surface area contributed by atoms with E-state index in [1.165, 1.54) is 57.4 Å². The molecule has 0 spiro atoms. The van der Waals surface area contributed by atoms with Crippen LogP contribution in [0.2, 0.25) is 0 Å². The minimum atomic E-state index is -1.09. The number of aryl methyl sites for hydroxylation is 1. The van der Waals surface area contributed by atoms with E-state index in [0.717, 1.165) is 37.7 Å². The van der Waals surface area contributed by atoms with Gasteiger partial charge in [0.1, 0.15) is 0 Å². The SMILES string of the molecule is CCCCCCCCOC(=O)c1cc(CCCCCCCC)ccc1C(=O)O.c1cscn1. The third-order valence-corrected chi connectivity index (χ3v) is 5.95. The van der Waals surface area contributed by atoms with E-state index in [4.69, 9.17) is 4.74 Å². The molecule has 1 aromatic heterocycles. The summed E-state index contributed by atoms with van der Waals surface area (Å²) >= 11 is 1.60. The molecule has 0 aliphatic rings. The molecule has 2 rings (SSSR count). The highest BCUT2D eigenvalue weighted by Gasteiger charge is 2.18. The molecule has 0 fully saturated rings. The molecule has 0 radical (unpaired) electrons. The molecule has 1 heterocycles. The number of carbonyl (C=O) groups excluding carboxylic acids is 1. The van der Waals surface area contributed by atoms with E-state index < -0.39 is 11.9 Å². The average molecular weight is 476 g/mol. The number of hydrogen-bond acceptors (Lipinski definition) is 5. The van der Waals surface area contributed by atoms with Crippen LogP contribution in [0.15, 0.2) is 35.3 Å². The largest absolute Gasteiger partial charge is 0.478 e. The molecule has 0 aliphatic carbocycles. The van der Waals surface area contributed by atoms with Gasteiger partial charge in [-0.25, -0.2) is 9.59 Å². The van der Waals surface area contributed by atoms with Crippen LogP contribution in [-0.2, 0) is 11.2 Å². The highest BCUT2D eigenvalue weighted by atomic mass is 32.1. The molecular weight excluding hydrogens is 434 g/mol. The zero-order valence-corrected chi connectivity index (χ0v) is 21.2. The summed E-state index contributed by atoms with van der Waals surface area (Å²) in [7, 11) is 0. The molecule has 6 heteroatoms. The molecule has 0 saturated carbocycles. The number of carboxylic acid groups (broad SMARTS) is 1. The summed E-state index contributed by atoms with van der Waals surface area (Å²) in [6, 6.07) is 5.06. The molecule has 33 heavy (non-hydrogen) atoms. The van der Waals surface area contributed by atoms with E-state index in [2.05, 4.69) is 18.8 Å². The van der Waals surface area contributed by atoms with Crippen LogP contribution in [0.1, 0.15) is 117 Å². The van der Waals surface area contributed by atoms with Gasteiger partial charge in [-0.2, -0.15) is 0 Å². The van der Waals surface area contributed by atoms with Gasteiger partial charge >= 0.3 is 11.9 Å². The molecule has 184 valence electrons. The van der Waals surface area contributed by atoms with Gasteiger partial charge < -0.3 is 9.84 Å². The van der Waals surface area contributed by atoms with Crippen molar-refractivity contribution < 1.29 is 19.4 Å². The Morgan fingerprint density at radius 2 is 1.52 bits per heavy atom. The Balaban J connectivity index is 0.000000953. The number of nitrogens with zero attached hydrogens (tertiary/aromatic N) is 1. The Bertz CT molecular complexity index is 744. The molecule has 0 bridgehead atoms. The number of carbonyl (C=O) groups is 2. The Morgan fingerprint density at radius 1 is 0.879 bits per heavy atom. The fraction of sp³-hybridized carbons (Fsp3) is 0.593. The lowest BCUT2D eigenvalue weighted by molar-refractivity contribution is 0.0487. The van der Waals surface area contributed by atoms with Crippen molar-refractivity contribution in [1.82, 2.24) is 4.98 Å². The quantitative estimate of drug-likeness (QED) is 0.197. The number of esters is 1. The monoisotopic (exact) mass is 475 g/mol. The maximum Gasteiger partial charge on any atom is 0.339 e. The normalized spacial score (nSPS) is 10.4. The molecular formula is C27H41NO4S. The van der Waals surface area contributed by atoms with Crippen molar-refractivity contribution >= 4 is 23.3 Å². The predicted octanol–water partition coefficient (Wildman–Crippen LogP) is 7.95. The number of thiazole rings is 1. The fourth-order valence-corrected chi connectivity index (χ4v) is 3.86. The van der Waals surface area contributed by atoms with Crippen molar-refractivity contribution in [2.75, 3.05) is 6.61 Å². The summed E-state index contributed by atoms with van der Waals surface area (Å²) in [5.74, 6) is -1.60. The van der Waals surface area contributed by atoms with Crippen LogP contribution in [0.4, 0.5) is 0 Å². The standard InChI is InChI=1S/C24H38O4.C3H3NS/c1-3-5-7-9-11-13-15-20-16-17-21(23(25)26)22(19-20)24(27)28-18-14-12-10-8-6-4-2;1-2-5-3-4-1/h16-17,19H,3-15,18H2,1-2H3,(H,25,26);1-3H. The third kappa shape index (κ3) is 13.8. The molecule has 0 aliphatic heterocycles. The number of aromatic carboxylic acids is 1. The number of carboxylic acids is 1. The molecule has 0 amide bonds. The van der Waals surface area contributed by atoms with Gasteiger partial charge in [0, 0.05) is 11.6 Å². The van der Waals surface area contributed by atoms with Gasteiger partial charge in [-0.15, -0.1) is 11.3 Å². The first-order valence-corrected chi connectivity index (χ1v) is 13.4. The maximum atomic E-state index is 12.4. The van der Waals surface area contributed by atoms with Crippen molar-refractivity contribution in [3.8, 4) is 0 Å². The summed E-state index contributed by atoms with van der Waals surface area (Å²) in [5.41, 5.74) is 3.01. The number of aromatic nitrogens is 1. The number of benzene rings is 1. The van der Waals surface area contributed by atoms with Gasteiger partial charge in [-0.05, 0) is 37.0 Å². The van der Waals surface area contributed by atoms with E-state index >= 15 is 0 Å². The Labute approximate surface area is 203 Å². The van der Waals surface area contributed by atoms with Gasteiger partial charge in [0.25, 0.3) is 0 Å². The zero-order chi connectivity index (χ0) is 24.2. The Kier molecular flexibility index (Phi) is 16.8. The lowest BCUT2D eigenvalue weighted by Crippen LogP contribution is -2.13. The van der Waals surface area contributed by atoms with Crippen LogP contribution in [0.3, 0.4) is 0 Å². The second-order valence-corrected chi connectivity index (χ2v) is 9.04. The summed E-state index contributed by atoms with van der Waals surface area (Å²) in [5, 5.41) is 11.3. The van der Waals surface area contributed by atoms with Crippen molar-refractivity contribution in [3.05, 3.63) is 52.0 Å². The summed E-state index contributed by atoms with van der Waals surface area (Å²) < 4.78 is 5.35. The first-order chi connectivity index (χ1) is 16.1. The van der Waals surface area contributed by atoms with E-state index in [-0.39, 0.29) is 11.1 Å². The number of rotatable bonds is 16. The molecule has 2 aromatic rings. The number of hydrogen-bond donors (Lipinski definition) is 1. The van der Waals surface area contributed by atoms with E-state index in [1.807, 2.05) is 11.4 Å². The van der Waals surface area contributed by atoms with Crippen LogP contribution >= 0.6 is 11.3 Å². The van der Waals surface area contributed by atoms with Gasteiger partial charge in [0.15, 0.2) is 0 Å². The predicted molar refractivity (Wildman–Crippen MR) is 136 cm³/mol. The van der Waals surface area contributed by atoms with Gasteiger partial charge in [-0.3, -0.25) is 4.98 Å². The van der Waals surface area contributed by atoms with Gasteiger partial charge in [0.2, 0.25) is 0 Å². The highest BCUT2D eigenvalue weighted by molar-refractivity contribution is 7.07. The second kappa shape index (κ2) is 19.3. The van der Waals surface area contributed by atoms with Crippen LogP contribution in [-0.4, -0.2) is 28.6 Å². The van der Waals surface area contributed by atoms with Crippen molar-refractivity contribution in [3.63, 3.8) is 0 Å². The number of unbranched alkanes of at least 4 members (excludes halogenated alkanes) is 10. The van der Waals surface area contributed by atoms with Crippen molar-refractivity contribution in [2.45, 2.75) is 97.3 Å². The lowest BCUT2D eigenvalue weighted by Gasteiger charge is -2.10. The average Bonchev–Trinajstić information content (AvgIpc) is 3.41. The van der Waals surface area contributed by atoms with Gasteiger partial charge in [-0.1, -0.05) is 84.1 Å². The maximum absolute atomic E-state index is 12.4. The molecule has 1 N–H and O–H groups in total. The smallest absolute Gasteiger partial charge is 0.339 e. The van der Waals surface area contributed by atoms with E-state index in [1.54, 1.807) is 29.1 Å². The van der Waals surface area contributed by atoms with Crippen LogP contribution in [0.5, 0.6) is 0 Å². The fourth-order valence-electron chi connectivity index (χ4n) is 3.51. The zero-order valence-electron chi connectivity index (χ0n) is 20.4. The second-order valence-electron chi connectivity index (χ2n) is 8.28. The topological polar surface area (TPSA) is 76.5 Å². The molecule has 5 nitrogen and oxygen atoms in total. The van der Waals surface area contributed by atoms with Crippen LogP contribution < -0.4 is 0 Å². The molecule has 0 saturated heterocycles. The minimum Gasteiger partial charge on any atom is -0.478 e. The first kappa shape index (κ1) is 28.8. The molecule has 1 aromatic carbocycles. The van der Waals surface area contributed by atoms with E-state index in [9.17, 15) is 14.7 Å². The number of ether oxygens (including phenoxy) is 1. The summed E-state index contributed by atoms with van der Waals surface area (Å²) in [4.78, 5) is 27.6. The summed E-state index contributed by atoms with van der Waals surface area (Å²) in [6.07, 6.45) is 16.6. The van der Waals surface area contributed by atoms with Crippen LogP contribution in [0.25, 0.3) is 0 Å². The van der Waals surface area contributed by atoms with Crippen molar-refractivity contribution in [2.24, 2.45) is 0 Å².